The molecule has 2 bridgehead atoms. The summed E-state index contributed by atoms with van der Waals surface area (Å²) in [6.07, 6.45) is 1.31. The minimum Gasteiger partial charge on any atom is -0.497 e. The average molecular weight is 344 g/mol. The number of carbonyl (C=O) groups excluding carboxylic acids is 3. The Labute approximate surface area is 147 Å². The molecule has 1 aliphatic carbocycles. The molecule has 6 heteroatoms. The van der Waals surface area contributed by atoms with E-state index in [4.69, 9.17) is 4.74 Å². The summed E-state index contributed by atoms with van der Waals surface area (Å²) in [5.41, 5.74) is -1.57. The van der Waals surface area contributed by atoms with Gasteiger partial charge in [0.05, 0.1) is 7.11 Å². The second-order valence-electron chi connectivity index (χ2n) is 8.18. The lowest BCUT2D eigenvalue weighted by atomic mass is 9.52. The van der Waals surface area contributed by atoms with E-state index in [2.05, 4.69) is 10.6 Å². The van der Waals surface area contributed by atoms with Gasteiger partial charge in [-0.2, -0.15) is 0 Å². The van der Waals surface area contributed by atoms with E-state index in [0.29, 0.717) is 30.7 Å². The van der Waals surface area contributed by atoms with Gasteiger partial charge in [-0.3, -0.25) is 19.7 Å². The number of methoxy groups -OCH3 is 1. The Morgan fingerprint density at radius 1 is 1.00 bits per heavy atom. The first-order valence-electron chi connectivity index (χ1n) is 8.42. The fourth-order valence-electron chi connectivity index (χ4n) is 4.61. The van der Waals surface area contributed by atoms with Crippen LogP contribution in [-0.2, 0) is 14.4 Å². The van der Waals surface area contributed by atoms with Crippen LogP contribution in [0.4, 0.5) is 5.69 Å². The highest BCUT2D eigenvalue weighted by Crippen LogP contribution is 2.56. The summed E-state index contributed by atoms with van der Waals surface area (Å²) >= 11 is 0. The molecular weight excluding hydrogens is 320 g/mol. The van der Waals surface area contributed by atoms with Gasteiger partial charge in [0.15, 0.2) is 0 Å². The molecule has 1 heterocycles. The number of rotatable bonds is 3. The number of hydrogen-bond donors (Lipinski definition) is 2. The van der Waals surface area contributed by atoms with E-state index in [0.717, 1.165) is 0 Å². The van der Waals surface area contributed by atoms with E-state index in [1.807, 2.05) is 20.8 Å². The molecule has 0 radical (unpaired) electrons. The van der Waals surface area contributed by atoms with Crippen molar-refractivity contribution < 1.29 is 19.1 Å². The first kappa shape index (κ1) is 17.5. The lowest BCUT2D eigenvalue weighted by Gasteiger charge is -2.53. The molecule has 0 aromatic heterocycles. The molecule has 1 saturated heterocycles. The van der Waals surface area contributed by atoms with Crippen LogP contribution in [0.5, 0.6) is 5.75 Å². The zero-order valence-corrected chi connectivity index (χ0v) is 15.1. The monoisotopic (exact) mass is 344 g/mol. The quantitative estimate of drug-likeness (QED) is 0.825. The van der Waals surface area contributed by atoms with Crippen LogP contribution in [0.3, 0.4) is 0 Å². The highest BCUT2D eigenvalue weighted by Gasteiger charge is 2.60. The van der Waals surface area contributed by atoms with Crippen molar-refractivity contribution in [2.45, 2.75) is 40.0 Å². The van der Waals surface area contributed by atoms with E-state index in [1.165, 1.54) is 0 Å². The van der Waals surface area contributed by atoms with Crippen molar-refractivity contribution in [1.82, 2.24) is 5.32 Å². The maximum absolute atomic E-state index is 13.0. The van der Waals surface area contributed by atoms with E-state index in [-0.39, 0.29) is 17.7 Å². The third-order valence-electron chi connectivity index (χ3n) is 5.56. The van der Waals surface area contributed by atoms with Gasteiger partial charge in [-0.15, -0.1) is 0 Å². The van der Waals surface area contributed by atoms with Crippen LogP contribution in [0, 0.1) is 16.2 Å². The number of amides is 3. The fourth-order valence-corrected chi connectivity index (χ4v) is 4.61. The number of anilines is 1. The molecule has 1 aromatic rings. The van der Waals surface area contributed by atoms with Crippen molar-refractivity contribution in [3.8, 4) is 5.75 Å². The van der Waals surface area contributed by atoms with Gasteiger partial charge in [-0.1, -0.05) is 20.8 Å². The van der Waals surface area contributed by atoms with Crippen molar-refractivity contribution in [3.05, 3.63) is 24.3 Å². The van der Waals surface area contributed by atoms with E-state index < -0.39 is 16.2 Å². The first-order chi connectivity index (χ1) is 11.6. The van der Waals surface area contributed by atoms with Gasteiger partial charge in [0, 0.05) is 21.9 Å². The number of fused-ring (bicyclic) bond motifs is 2. The third-order valence-corrected chi connectivity index (χ3v) is 5.56. The van der Waals surface area contributed by atoms with Gasteiger partial charge in [0.2, 0.25) is 17.7 Å². The standard InChI is InChI=1S/C19H24N2O4/c1-17(14(22)20-12-5-7-13(25-4)8-6-12)9-18(2)11-19(3,10-17)16(24)21-15(18)23/h5-8H,9-11H2,1-4H3,(H,20,22)(H,21,23,24). The summed E-state index contributed by atoms with van der Waals surface area (Å²) in [7, 11) is 1.58. The maximum atomic E-state index is 13.0. The molecule has 2 fully saturated rings. The number of piperidine rings is 1. The highest BCUT2D eigenvalue weighted by molar-refractivity contribution is 6.05. The van der Waals surface area contributed by atoms with E-state index >= 15 is 0 Å². The number of imide groups is 1. The molecule has 1 aromatic carbocycles. The van der Waals surface area contributed by atoms with Crippen LogP contribution < -0.4 is 15.4 Å². The van der Waals surface area contributed by atoms with Gasteiger partial charge in [-0.25, -0.2) is 0 Å². The Morgan fingerprint density at radius 2 is 1.52 bits per heavy atom. The topological polar surface area (TPSA) is 84.5 Å². The van der Waals surface area contributed by atoms with Crippen LogP contribution >= 0.6 is 0 Å². The molecule has 134 valence electrons. The molecule has 25 heavy (non-hydrogen) atoms. The van der Waals surface area contributed by atoms with Gasteiger partial charge >= 0.3 is 0 Å². The number of ether oxygens (including phenoxy) is 1. The highest BCUT2D eigenvalue weighted by atomic mass is 16.5. The van der Waals surface area contributed by atoms with E-state index in [1.54, 1.807) is 31.4 Å². The number of hydrogen-bond acceptors (Lipinski definition) is 4. The van der Waals surface area contributed by atoms with Gasteiger partial charge in [0.1, 0.15) is 5.75 Å². The summed E-state index contributed by atoms with van der Waals surface area (Å²) in [4.78, 5) is 37.7. The molecule has 1 aliphatic heterocycles. The predicted molar refractivity (Wildman–Crippen MR) is 92.9 cm³/mol. The normalized spacial score (nSPS) is 34.2. The molecule has 6 nitrogen and oxygen atoms in total. The molecule has 0 spiro atoms. The predicted octanol–water partition coefficient (Wildman–Crippen LogP) is 2.49. The summed E-state index contributed by atoms with van der Waals surface area (Å²) in [6.45, 7) is 5.52. The van der Waals surface area contributed by atoms with Crippen molar-refractivity contribution in [2.75, 3.05) is 12.4 Å². The molecule has 2 aliphatic rings. The number of nitrogens with one attached hydrogen (secondary N) is 2. The molecule has 3 rings (SSSR count). The first-order valence-corrected chi connectivity index (χ1v) is 8.42. The lowest BCUT2D eigenvalue weighted by Crippen LogP contribution is -2.63. The lowest BCUT2D eigenvalue weighted by molar-refractivity contribution is -0.163. The van der Waals surface area contributed by atoms with Gasteiger partial charge in [0.25, 0.3) is 0 Å². The molecular formula is C19H24N2O4. The molecule has 2 N–H and O–H groups in total. The average Bonchev–Trinajstić information content (AvgIpc) is 2.53. The van der Waals surface area contributed by atoms with Crippen molar-refractivity contribution >= 4 is 23.4 Å². The largest absolute Gasteiger partial charge is 0.497 e. The maximum Gasteiger partial charge on any atom is 0.232 e. The number of carbonyl (C=O) groups is 3. The molecule has 2 atom stereocenters. The van der Waals surface area contributed by atoms with Crippen LogP contribution in [-0.4, -0.2) is 24.8 Å². The third kappa shape index (κ3) is 2.90. The van der Waals surface area contributed by atoms with Crippen molar-refractivity contribution in [2.24, 2.45) is 16.2 Å². The fraction of sp³-hybridized carbons (Fsp3) is 0.526. The Kier molecular flexibility index (Phi) is 3.89. The summed E-state index contributed by atoms with van der Waals surface area (Å²) in [5, 5.41) is 5.40. The summed E-state index contributed by atoms with van der Waals surface area (Å²) in [6, 6.07) is 7.08. The van der Waals surface area contributed by atoms with Crippen molar-refractivity contribution in [1.29, 1.82) is 0 Å². The Bertz CT molecular complexity index is 714. The number of benzene rings is 1. The van der Waals surface area contributed by atoms with Crippen LogP contribution in [0.2, 0.25) is 0 Å². The second kappa shape index (κ2) is 5.58. The van der Waals surface area contributed by atoms with Crippen molar-refractivity contribution in [3.63, 3.8) is 0 Å². The van der Waals surface area contributed by atoms with E-state index in [9.17, 15) is 14.4 Å². The SMILES string of the molecule is COc1ccc(NC(=O)C2(C)CC3(C)CC(C)(C2)C(=O)NC3=O)cc1. The van der Waals surface area contributed by atoms with Gasteiger partial charge < -0.3 is 10.1 Å². The molecule has 2 unspecified atom stereocenters. The molecule has 1 saturated carbocycles. The Morgan fingerprint density at radius 3 is 2.00 bits per heavy atom. The summed E-state index contributed by atoms with van der Waals surface area (Å²) in [5.74, 6) is -0.0210. The summed E-state index contributed by atoms with van der Waals surface area (Å²) < 4.78 is 5.12. The van der Waals surface area contributed by atoms with Gasteiger partial charge in [-0.05, 0) is 43.5 Å². The Hall–Kier alpha value is -2.37. The zero-order chi connectivity index (χ0) is 18.5. The Balaban J connectivity index is 1.85. The molecule has 3 amide bonds. The minimum absolute atomic E-state index is 0.169. The smallest absolute Gasteiger partial charge is 0.232 e. The zero-order valence-electron chi connectivity index (χ0n) is 15.1. The second-order valence-corrected chi connectivity index (χ2v) is 8.18. The van der Waals surface area contributed by atoms with Crippen LogP contribution in [0.15, 0.2) is 24.3 Å². The minimum atomic E-state index is -0.797. The van der Waals surface area contributed by atoms with Crippen LogP contribution in [0.25, 0.3) is 0 Å². The van der Waals surface area contributed by atoms with Crippen LogP contribution in [0.1, 0.15) is 40.0 Å².